The maximum atomic E-state index is 10.6. The number of anilines is 1. The van der Waals surface area contributed by atoms with Crippen molar-refractivity contribution in [1.82, 2.24) is 24.8 Å². The summed E-state index contributed by atoms with van der Waals surface area (Å²) in [4.78, 5) is 12.9. The predicted octanol–water partition coefficient (Wildman–Crippen LogP) is 3.98. The lowest BCUT2D eigenvalue weighted by Crippen LogP contribution is -2.34. The van der Waals surface area contributed by atoms with Gasteiger partial charge in [-0.3, -0.25) is 4.57 Å². The van der Waals surface area contributed by atoms with Crippen LogP contribution in [0.25, 0.3) is 22.3 Å². The number of hydrogen-bond donors (Lipinski definition) is 3. The van der Waals surface area contributed by atoms with Crippen molar-refractivity contribution in [2.24, 2.45) is 0 Å². The Labute approximate surface area is 221 Å². The van der Waals surface area contributed by atoms with E-state index in [1.54, 1.807) is 4.57 Å². The minimum absolute atomic E-state index is 0.152. The Balaban J connectivity index is 1.28. The third-order valence-electron chi connectivity index (χ3n) is 7.19. The Hall–Kier alpha value is -3.95. The van der Waals surface area contributed by atoms with Crippen LogP contribution in [0, 0.1) is 0 Å². The highest BCUT2D eigenvalue weighted by molar-refractivity contribution is 5.83. The summed E-state index contributed by atoms with van der Waals surface area (Å²) >= 11 is 0. The van der Waals surface area contributed by atoms with Crippen LogP contribution in [0.3, 0.4) is 0 Å². The first-order valence-corrected chi connectivity index (χ1v) is 13.2. The van der Waals surface area contributed by atoms with Gasteiger partial charge in [0, 0.05) is 25.8 Å². The van der Waals surface area contributed by atoms with Crippen LogP contribution in [-0.2, 0) is 24.2 Å². The third kappa shape index (κ3) is 5.20. The van der Waals surface area contributed by atoms with Gasteiger partial charge in [-0.05, 0) is 53.5 Å². The Morgan fingerprint density at radius 2 is 1.84 bits per heavy atom. The summed E-state index contributed by atoms with van der Waals surface area (Å²) in [5.41, 5.74) is 12.8. The molecule has 0 saturated carbocycles. The van der Waals surface area contributed by atoms with E-state index in [1.165, 1.54) is 22.3 Å². The zero-order valence-electron chi connectivity index (χ0n) is 21.3. The van der Waals surface area contributed by atoms with E-state index in [-0.39, 0.29) is 17.8 Å². The number of nitrogen functional groups attached to an aromatic ring is 1. The summed E-state index contributed by atoms with van der Waals surface area (Å²) in [5, 5.41) is 14.2. The van der Waals surface area contributed by atoms with E-state index in [1.807, 2.05) is 0 Å². The van der Waals surface area contributed by atoms with Gasteiger partial charge in [-0.2, -0.15) is 15.0 Å². The first-order valence-electron chi connectivity index (χ1n) is 13.2. The molecule has 196 valence electrons. The molecule has 0 spiro atoms. The predicted molar refractivity (Wildman–Crippen MR) is 146 cm³/mol. The molecule has 2 aliphatic heterocycles. The average Bonchev–Trinajstić information content (AvgIpc) is 3.25. The van der Waals surface area contributed by atoms with E-state index in [4.69, 9.17) is 15.2 Å². The van der Waals surface area contributed by atoms with Crippen molar-refractivity contribution in [3.63, 3.8) is 0 Å². The monoisotopic (exact) mass is 512 g/mol. The van der Waals surface area contributed by atoms with Crippen LogP contribution in [-0.4, -0.2) is 50.5 Å². The molecule has 1 saturated heterocycles. The van der Waals surface area contributed by atoms with Crippen LogP contribution in [0.4, 0.5) is 5.82 Å². The summed E-state index contributed by atoms with van der Waals surface area (Å²) < 4.78 is 12.8. The molecule has 0 aliphatic carbocycles. The van der Waals surface area contributed by atoms with Crippen molar-refractivity contribution in [1.29, 1.82) is 0 Å². The summed E-state index contributed by atoms with van der Waals surface area (Å²) in [6.45, 7) is 3.37. The number of ether oxygens (including phenoxy) is 2. The van der Waals surface area contributed by atoms with Gasteiger partial charge in [0.1, 0.15) is 0 Å². The number of allylic oxidation sites excluding steroid dienone is 1. The van der Waals surface area contributed by atoms with Gasteiger partial charge in [0.2, 0.25) is 0 Å². The molecule has 1 fully saturated rings. The number of rotatable bonds is 4. The first kappa shape index (κ1) is 24.4. The molecular formula is C29H32N6O3. The van der Waals surface area contributed by atoms with E-state index >= 15 is 0 Å². The van der Waals surface area contributed by atoms with Gasteiger partial charge in [0.05, 0.1) is 13.2 Å². The standard InChI is InChI=1S/C29H32N6O3/c30-26-25-27-34-28(33-26)38-13-3-1-2-4-22-16-20(18-35(27)29(36)32-25)7-10-24(22)21-8-5-19(6-9-21)17-31-23-11-14-37-15-12-23/h1-2,5-10,16,23,31H,3-4,11-15,17-18H2,(H,32,36)(H2,30,33,34)/b2-1-. The number of nitrogens with one attached hydrogen (secondary N) is 1. The summed E-state index contributed by atoms with van der Waals surface area (Å²) in [5.74, 6) is 0.184. The number of nitrogens with zero attached hydrogens (tertiary/aromatic N) is 4. The van der Waals surface area contributed by atoms with Crippen LogP contribution in [0.15, 0.2) is 54.6 Å². The van der Waals surface area contributed by atoms with Gasteiger partial charge >= 0.3 is 6.01 Å². The molecule has 4 bridgehead atoms. The molecule has 2 aromatic carbocycles. The highest BCUT2D eigenvalue weighted by atomic mass is 16.5. The van der Waals surface area contributed by atoms with Gasteiger partial charge in [-0.25, -0.2) is 0 Å². The molecule has 2 aliphatic rings. The van der Waals surface area contributed by atoms with E-state index in [2.05, 4.69) is 74.9 Å². The number of fused-ring (bicyclic) bond motifs is 3. The lowest BCUT2D eigenvalue weighted by Gasteiger charge is -2.23. The highest BCUT2D eigenvalue weighted by Crippen LogP contribution is 2.29. The lowest BCUT2D eigenvalue weighted by molar-refractivity contribution is 0.0776. The maximum absolute atomic E-state index is 10.6. The fraction of sp³-hybridized carbons (Fsp3) is 0.345. The smallest absolute Gasteiger partial charge is 0.320 e. The molecule has 0 radical (unpaired) electrons. The van der Waals surface area contributed by atoms with Crippen molar-refractivity contribution in [3.8, 4) is 23.1 Å². The fourth-order valence-electron chi connectivity index (χ4n) is 5.09. The van der Waals surface area contributed by atoms with E-state index in [0.29, 0.717) is 30.4 Å². The third-order valence-corrected chi connectivity index (χ3v) is 7.19. The molecule has 0 atom stereocenters. The minimum Gasteiger partial charge on any atom is -0.480 e. The molecule has 9 nitrogen and oxygen atoms in total. The molecule has 4 aromatic rings. The van der Waals surface area contributed by atoms with Crippen molar-refractivity contribution < 1.29 is 14.6 Å². The number of aromatic hydroxyl groups is 1. The molecule has 0 amide bonds. The van der Waals surface area contributed by atoms with Crippen molar-refractivity contribution in [3.05, 3.63) is 71.3 Å². The number of benzene rings is 2. The summed E-state index contributed by atoms with van der Waals surface area (Å²) in [6.07, 6.45) is 7.93. The van der Waals surface area contributed by atoms with Gasteiger partial charge < -0.3 is 25.6 Å². The second-order valence-corrected chi connectivity index (χ2v) is 9.83. The van der Waals surface area contributed by atoms with E-state index in [9.17, 15) is 5.11 Å². The first-order chi connectivity index (χ1) is 18.6. The van der Waals surface area contributed by atoms with Gasteiger partial charge in [0.15, 0.2) is 17.0 Å². The molecule has 4 N–H and O–H groups in total. The average molecular weight is 513 g/mol. The Bertz CT molecular complexity index is 1460. The fourth-order valence-corrected chi connectivity index (χ4v) is 5.09. The zero-order valence-corrected chi connectivity index (χ0v) is 21.3. The summed E-state index contributed by atoms with van der Waals surface area (Å²) in [7, 11) is 0. The van der Waals surface area contributed by atoms with Crippen LogP contribution in [0.1, 0.15) is 36.0 Å². The topological polar surface area (TPSA) is 120 Å². The Morgan fingerprint density at radius 3 is 2.68 bits per heavy atom. The number of aromatic nitrogens is 4. The van der Waals surface area contributed by atoms with Crippen molar-refractivity contribution in [2.75, 3.05) is 25.6 Å². The summed E-state index contributed by atoms with van der Waals surface area (Å²) in [6, 6.07) is 15.8. The van der Waals surface area contributed by atoms with Crippen molar-refractivity contribution >= 4 is 17.0 Å². The lowest BCUT2D eigenvalue weighted by atomic mass is 9.94. The molecule has 6 rings (SSSR count). The van der Waals surface area contributed by atoms with Crippen LogP contribution >= 0.6 is 0 Å². The second kappa shape index (κ2) is 10.8. The Morgan fingerprint density at radius 1 is 1.00 bits per heavy atom. The molecule has 4 heterocycles. The quantitative estimate of drug-likeness (QED) is 0.351. The van der Waals surface area contributed by atoms with Crippen LogP contribution in [0.2, 0.25) is 0 Å². The SMILES string of the molecule is Nc1nc2nc3c1nc(O)n3Cc1ccc(-c3ccc(CNC4CCOCC4)cc3)c(c1)C/C=C\CCO2. The molecular weight excluding hydrogens is 480 g/mol. The normalized spacial score (nSPS) is 17.3. The highest BCUT2D eigenvalue weighted by Gasteiger charge is 2.18. The molecule has 0 unspecified atom stereocenters. The number of nitrogens with two attached hydrogens (primary N) is 1. The molecule has 38 heavy (non-hydrogen) atoms. The van der Waals surface area contributed by atoms with Gasteiger partial charge in [0.25, 0.3) is 6.01 Å². The zero-order chi connectivity index (χ0) is 25.9. The largest absolute Gasteiger partial charge is 0.480 e. The van der Waals surface area contributed by atoms with Crippen LogP contribution in [0.5, 0.6) is 12.0 Å². The van der Waals surface area contributed by atoms with Gasteiger partial charge in [-0.15, -0.1) is 0 Å². The second-order valence-electron chi connectivity index (χ2n) is 9.83. The molecule has 9 heteroatoms. The van der Waals surface area contributed by atoms with Gasteiger partial charge in [-0.1, -0.05) is 54.6 Å². The number of hydrogen-bond acceptors (Lipinski definition) is 8. The Kier molecular flexibility index (Phi) is 6.94. The maximum Gasteiger partial charge on any atom is 0.320 e. The van der Waals surface area contributed by atoms with E-state index in [0.717, 1.165) is 51.0 Å². The molecule has 2 aromatic heterocycles. The van der Waals surface area contributed by atoms with Crippen molar-refractivity contribution in [2.45, 2.75) is 44.8 Å². The number of imidazole rings is 1. The minimum atomic E-state index is -0.152. The van der Waals surface area contributed by atoms with Crippen LogP contribution < -0.4 is 15.8 Å². The van der Waals surface area contributed by atoms with E-state index < -0.39 is 0 Å².